The summed E-state index contributed by atoms with van der Waals surface area (Å²) in [5.41, 5.74) is 5.77. The van der Waals surface area contributed by atoms with Crippen LogP contribution in [0.5, 0.6) is 5.75 Å². The number of rotatable bonds is 6. The first kappa shape index (κ1) is 13.1. The molecule has 0 bridgehead atoms. The Morgan fingerprint density at radius 1 is 1.25 bits per heavy atom. The lowest BCUT2D eigenvalue weighted by molar-refractivity contribution is 0.181. The van der Waals surface area contributed by atoms with E-state index in [2.05, 4.69) is 10.1 Å². The zero-order valence-electron chi connectivity index (χ0n) is 11.4. The highest BCUT2D eigenvalue weighted by Crippen LogP contribution is 2.41. The van der Waals surface area contributed by atoms with Gasteiger partial charge in [0.05, 0.1) is 12.0 Å². The van der Waals surface area contributed by atoms with Crippen LogP contribution in [0, 0.1) is 0 Å². The summed E-state index contributed by atoms with van der Waals surface area (Å²) in [6, 6.07) is 9.72. The topological polar surface area (TPSA) is 74.2 Å². The zero-order chi connectivity index (χ0) is 13.8. The van der Waals surface area contributed by atoms with Crippen molar-refractivity contribution in [2.24, 2.45) is 5.73 Å². The van der Waals surface area contributed by atoms with E-state index in [0.29, 0.717) is 31.3 Å². The highest BCUT2D eigenvalue weighted by Gasteiger charge is 2.42. The standard InChI is InChI=1S/C15H19N3O2/c16-11-15(8-4-9-15)14-17-13(18-20-14)7-10-19-12-5-2-1-3-6-12/h1-3,5-6H,4,7-11,16H2. The Balaban J connectivity index is 1.55. The molecule has 0 radical (unpaired) electrons. The summed E-state index contributed by atoms with van der Waals surface area (Å²) >= 11 is 0. The molecule has 2 aromatic rings. The Kier molecular flexibility index (Phi) is 3.69. The predicted molar refractivity (Wildman–Crippen MR) is 74.5 cm³/mol. The number of para-hydroxylation sites is 1. The van der Waals surface area contributed by atoms with Gasteiger partial charge in [-0.3, -0.25) is 0 Å². The minimum Gasteiger partial charge on any atom is -0.493 e. The van der Waals surface area contributed by atoms with E-state index in [-0.39, 0.29) is 5.41 Å². The molecule has 5 heteroatoms. The van der Waals surface area contributed by atoms with Crippen molar-refractivity contribution < 1.29 is 9.26 Å². The summed E-state index contributed by atoms with van der Waals surface area (Å²) in [7, 11) is 0. The number of nitrogens with zero attached hydrogens (tertiary/aromatic N) is 2. The second-order valence-electron chi connectivity index (χ2n) is 5.27. The molecular weight excluding hydrogens is 254 g/mol. The molecule has 1 aromatic heterocycles. The van der Waals surface area contributed by atoms with Crippen molar-refractivity contribution in [3.8, 4) is 5.75 Å². The minimum atomic E-state index is -0.0640. The minimum absolute atomic E-state index is 0.0640. The van der Waals surface area contributed by atoms with Gasteiger partial charge < -0.3 is 15.0 Å². The van der Waals surface area contributed by atoms with E-state index < -0.39 is 0 Å². The first-order valence-electron chi connectivity index (χ1n) is 7.03. The smallest absolute Gasteiger partial charge is 0.234 e. The summed E-state index contributed by atoms with van der Waals surface area (Å²) in [6.07, 6.45) is 3.92. The summed E-state index contributed by atoms with van der Waals surface area (Å²) in [4.78, 5) is 4.47. The number of aromatic nitrogens is 2. The Morgan fingerprint density at radius 2 is 2.05 bits per heavy atom. The lowest BCUT2D eigenvalue weighted by Gasteiger charge is -2.36. The molecule has 0 spiro atoms. The average molecular weight is 273 g/mol. The molecular formula is C15H19N3O2. The molecule has 1 heterocycles. The third-order valence-corrected chi connectivity index (χ3v) is 3.96. The third-order valence-electron chi connectivity index (χ3n) is 3.96. The number of ether oxygens (including phenoxy) is 1. The molecule has 0 saturated heterocycles. The van der Waals surface area contributed by atoms with E-state index in [4.69, 9.17) is 15.0 Å². The summed E-state index contributed by atoms with van der Waals surface area (Å²) in [6.45, 7) is 1.12. The van der Waals surface area contributed by atoms with Crippen LogP contribution < -0.4 is 10.5 Å². The number of hydrogen-bond acceptors (Lipinski definition) is 5. The van der Waals surface area contributed by atoms with Crippen molar-refractivity contribution in [1.29, 1.82) is 0 Å². The Labute approximate surface area is 118 Å². The quantitative estimate of drug-likeness (QED) is 0.872. The fourth-order valence-electron chi connectivity index (χ4n) is 2.46. The molecule has 1 aliphatic rings. The van der Waals surface area contributed by atoms with Crippen molar-refractivity contribution in [3.63, 3.8) is 0 Å². The first-order chi connectivity index (χ1) is 9.82. The number of nitrogens with two attached hydrogens (primary N) is 1. The van der Waals surface area contributed by atoms with E-state index in [9.17, 15) is 0 Å². The molecule has 3 rings (SSSR count). The summed E-state index contributed by atoms with van der Waals surface area (Å²) in [5.74, 6) is 2.24. The molecule has 5 nitrogen and oxygen atoms in total. The monoisotopic (exact) mass is 273 g/mol. The Morgan fingerprint density at radius 3 is 2.70 bits per heavy atom. The van der Waals surface area contributed by atoms with Crippen molar-refractivity contribution in [2.75, 3.05) is 13.2 Å². The van der Waals surface area contributed by atoms with Crippen molar-refractivity contribution in [2.45, 2.75) is 31.1 Å². The van der Waals surface area contributed by atoms with E-state index in [0.717, 1.165) is 18.6 Å². The molecule has 0 unspecified atom stereocenters. The highest BCUT2D eigenvalue weighted by molar-refractivity contribution is 5.20. The van der Waals surface area contributed by atoms with Gasteiger partial charge in [0.1, 0.15) is 5.75 Å². The second kappa shape index (κ2) is 5.63. The molecule has 106 valence electrons. The van der Waals surface area contributed by atoms with Gasteiger partial charge in [0.15, 0.2) is 5.82 Å². The maximum atomic E-state index is 5.83. The Bertz CT molecular complexity index is 544. The fourth-order valence-corrected chi connectivity index (χ4v) is 2.46. The maximum absolute atomic E-state index is 5.83. The van der Waals surface area contributed by atoms with Gasteiger partial charge in [-0.25, -0.2) is 0 Å². The van der Waals surface area contributed by atoms with Crippen LogP contribution in [-0.4, -0.2) is 23.3 Å². The van der Waals surface area contributed by atoms with Crippen LogP contribution >= 0.6 is 0 Å². The van der Waals surface area contributed by atoms with Crippen molar-refractivity contribution in [1.82, 2.24) is 10.1 Å². The predicted octanol–water partition coefficient (Wildman–Crippen LogP) is 2.07. The molecule has 1 fully saturated rings. The first-order valence-corrected chi connectivity index (χ1v) is 7.03. The van der Waals surface area contributed by atoms with Crippen LogP contribution in [0.25, 0.3) is 0 Å². The van der Waals surface area contributed by atoms with Gasteiger partial charge in [0.25, 0.3) is 0 Å². The number of hydrogen-bond donors (Lipinski definition) is 1. The molecule has 1 saturated carbocycles. The van der Waals surface area contributed by atoms with Crippen LogP contribution in [0.2, 0.25) is 0 Å². The van der Waals surface area contributed by atoms with Crippen LogP contribution in [0.1, 0.15) is 31.0 Å². The zero-order valence-corrected chi connectivity index (χ0v) is 11.4. The highest BCUT2D eigenvalue weighted by atomic mass is 16.5. The lowest BCUT2D eigenvalue weighted by atomic mass is 9.69. The maximum Gasteiger partial charge on any atom is 0.234 e. The average Bonchev–Trinajstić information content (AvgIpc) is 2.89. The van der Waals surface area contributed by atoms with Crippen LogP contribution in [0.15, 0.2) is 34.9 Å². The second-order valence-corrected chi connectivity index (χ2v) is 5.27. The van der Waals surface area contributed by atoms with Crippen LogP contribution in [0.4, 0.5) is 0 Å². The van der Waals surface area contributed by atoms with Gasteiger partial charge in [0.2, 0.25) is 5.89 Å². The van der Waals surface area contributed by atoms with E-state index >= 15 is 0 Å². The van der Waals surface area contributed by atoms with Gasteiger partial charge in [0, 0.05) is 13.0 Å². The molecule has 0 aliphatic heterocycles. The largest absolute Gasteiger partial charge is 0.493 e. The van der Waals surface area contributed by atoms with Crippen LogP contribution in [0.3, 0.4) is 0 Å². The van der Waals surface area contributed by atoms with E-state index in [1.54, 1.807) is 0 Å². The molecule has 1 aromatic carbocycles. The molecule has 1 aliphatic carbocycles. The summed E-state index contributed by atoms with van der Waals surface area (Å²) < 4.78 is 11.0. The van der Waals surface area contributed by atoms with Gasteiger partial charge >= 0.3 is 0 Å². The fraction of sp³-hybridized carbons (Fsp3) is 0.467. The molecule has 0 amide bonds. The summed E-state index contributed by atoms with van der Waals surface area (Å²) in [5, 5.41) is 4.02. The van der Waals surface area contributed by atoms with Crippen molar-refractivity contribution in [3.05, 3.63) is 42.0 Å². The van der Waals surface area contributed by atoms with Crippen LogP contribution in [-0.2, 0) is 11.8 Å². The van der Waals surface area contributed by atoms with Crippen molar-refractivity contribution >= 4 is 0 Å². The molecule has 20 heavy (non-hydrogen) atoms. The van der Waals surface area contributed by atoms with Gasteiger partial charge in [-0.2, -0.15) is 4.98 Å². The Hall–Kier alpha value is -1.88. The molecule has 0 atom stereocenters. The van der Waals surface area contributed by atoms with Gasteiger partial charge in [-0.1, -0.05) is 29.8 Å². The molecule has 2 N–H and O–H groups in total. The third kappa shape index (κ3) is 2.54. The van der Waals surface area contributed by atoms with E-state index in [1.807, 2.05) is 30.3 Å². The normalized spacial score (nSPS) is 16.6. The lowest BCUT2D eigenvalue weighted by Crippen LogP contribution is -2.41. The van der Waals surface area contributed by atoms with Gasteiger partial charge in [-0.05, 0) is 25.0 Å². The van der Waals surface area contributed by atoms with E-state index in [1.165, 1.54) is 6.42 Å². The SMILES string of the molecule is NCC1(c2nc(CCOc3ccccc3)no2)CCC1. The number of benzene rings is 1. The van der Waals surface area contributed by atoms with Gasteiger partial charge in [-0.15, -0.1) is 0 Å².